The van der Waals surface area contributed by atoms with Gasteiger partial charge in [-0.2, -0.15) is 10.1 Å². The van der Waals surface area contributed by atoms with E-state index in [0.29, 0.717) is 23.7 Å². The van der Waals surface area contributed by atoms with E-state index in [1.54, 1.807) is 11.6 Å². The number of aromatic nitrogens is 4. The van der Waals surface area contributed by atoms with Crippen LogP contribution in [0.2, 0.25) is 0 Å². The predicted molar refractivity (Wildman–Crippen MR) is 98.2 cm³/mol. The summed E-state index contributed by atoms with van der Waals surface area (Å²) in [7, 11) is 3.06. The number of imidazole rings is 1. The summed E-state index contributed by atoms with van der Waals surface area (Å²) in [6.45, 7) is 4.31. The summed E-state index contributed by atoms with van der Waals surface area (Å²) < 4.78 is 4.17. The van der Waals surface area contributed by atoms with Crippen LogP contribution >= 0.6 is 0 Å². The molecule has 0 radical (unpaired) electrons. The molecule has 0 aliphatic rings. The van der Waals surface area contributed by atoms with Crippen molar-refractivity contribution in [3.63, 3.8) is 0 Å². The summed E-state index contributed by atoms with van der Waals surface area (Å²) in [4.78, 5) is 29.0. The lowest BCUT2D eigenvalue weighted by molar-refractivity contribution is 0.700. The summed E-state index contributed by atoms with van der Waals surface area (Å²) in [5, 5.41) is 4.36. The number of anilines is 1. The molecule has 3 aromatic rings. The van der Waals surface area contributed by atoms with E-state index in [1.165, 1.54) is 11.6 Å². The molecule has 1 N–H and O–H groups in total. The zero-order chi connectivity index (χ0) is 18.1. The van der Waals surface area contributed by atoms with Crippen molar-refractivity contribution >= 4 is 22.8 Å². The Kier molecular flexibility index (Phi) is 4.26. The number of rotatable bonds is 4. The van der Waals surface area contributed by atoms with Crippen LogP contribution in [0.1, 0.15) is 19.4 Å². The highest BCUT2D eigenvalue weighted by Gasteiger charge is 2.18. The Morgan fingerprint density at radius 3 is 2.48 bits per heavy atom. The van der Waals surface area contributed by atoms with E-state index in [0.717, 1.165) is 15.8 Å². The van der Waals surface area contributed by atoms with Crippen LogP contribution in [0, 0.1) is 0 Å². The van der Waals surface area contributed by atoms with Gasteiger partial charge in [0, 0.05) is 20.6 Å². The van der Waals surface area contributed by atoms with E-state index in [4.69, 9.17) is 0 Å². The number of hydrogen-bond acceptors (Lipinski definition) is 5. The molecule has 0 aliphatic carbocycles. The lowest BCUT2D eigenvalue weighted by atomic mass is 10.1. The third kappa shape index (κ3) is 2.75. The van der Waals surface area contributed by atoms with Gasteiger partial charge in [0.25, 0.3) is 5.56 Å². The molecule has 0 atom stereocenters. The van der Waals surface area contributed by atoms with Gasteiger partial charge in [0.15, 0.2) is 11.2 Å². The highest BCUT2D eigenvalue weighted by Crippen LogP contribution is 2.15. The van der Waals surface area contributed by atoms with E-state index in [1.807, 2.05) is 44.2 Å². The standard InChI is InChI=1S/C17H20N6O2/c1-5-23-13-14(21(3)17(25)22(4)15(13)24)18-16(23)20-19-11(2)12-9-7-6-8-10-12/h6-10H,5H2,1-4H3,(H,18,20). The molecular formula is C17H20N6O2. The number of hydrogen-bond donors (Lipinski definition) is 1. The SMILES string of the molecule is CCn1c(NN=C(C)c2ccccc2)nc2c1c(=O)n(C)c(=O)n2C. The molecule has 0 fully saturated rings. The molecule has 2 heterocycles. The topological polar surface area (TPSA) is 86.2 Å². The van der Waals surface area contributed by atoms with Gasteiger partial charge in [0.1, 0.15) is 0 Å². The van der Waals surface area contributed by atoms with Crippen LogP contribution in [0.4, 0.5) is 5.95 Å². The van der Waals surface area contributed by atoms with E-state index < -0.39 is 5.69 Å². The highest BCUT2D eigenvalue weighted by atomic mass is 16.2. The molecule has 0 bridgehead atoms. The van der Waals surface area contributed by atoms with Gasteiger partial charge in [-0.1, -0.05) is 30.3 Å². The number of fused-ring (bicyclic) bond motifs is 1. The number of benzene rings is 1. The van der Waals surface area contributed by atoms with E-state index in [9.17, 15) is 9.59 Å². The molecule has 0 saturated heterocycles. The van der Waals surface area contributed by atoms with Crippen LogP contribution < -0.4 is 16.7 Å². The lowest BCUT2D eigenvalue weighted by Crippen LogP contribution is -2.37. The van der Waals surface area contributed by atoms with Gasteiger partial charge in [0.2, 0.25) is 5.95 Å². The fourth-order valence-corrected chi connectivity index (χ4v) is 2.72. The fraction of sp³-hybridized carbons (Fsp3) is 0.294. The van der Waals surface area contributed by atoms with Gasteiger partial charge >= 0.3 is 5.69 Å². The van der Waals surface area contributed by atoms with Crippen molar-refractivity contribution in [1.29, 1.82) is 0 Å². The van der Waals surface area contributed by atoms with Gasteiger partial charge in [-0.05, 0) is 19.4 Å². The van der Waals surface area contributed by atoms with E-state index >= 15 is 0 Å². The minimum absolute atomic E-state index is 0.338. The third-order valence-corrected chi connectivity index (χ3v) is 4.18. The number of nitrogens with one attached hydrogen (secondary N) is 1. The van der Waals surface area contributed by atoms with Gasteiger partial charge in [-0.15, -0.1) is 0 Å². The Labute approximate surface area is 144 Å². The van der Waals surface area contributed by atoms with Crippen LogP contribution in [-0.4, -0.2) is 24.4 Å². The molecule has 8 heteroatoms. The van der Waals surface area contributed by atoms with Crippen LogP contribution in [0.3, 0.4) is 0 Å². The molecule has 0 aliphatic heterocycles. The smallest absolute Gasteiger partial charge is 0.303 e. The first-order valence-corrected chi connectivity index (χ1v) is 7.97. The maximum atomic E-state index is 12.5. The lowest BCUT2D eigenvalue weighted by Gasteiger charge is -2.06. The second kappa shape index (κ2) is 6.39. The molecule has 8 nitrogen and oxygen atoms in total. The van der Waals surface area contributed by atoms with Gasteiger partial charge in [-0.3, -0.25) is 13.9 Å². The van der Waals surface area contributed by atoms with Crippen LogP contribution in [0.5, 0.6) is 0 Å². The Hall–Kier alpha value is -3.16. The summed E-state index contributed by atoms with van der Waals surface area (Å²) in [5.41, 5.74) is 4.63. The summed E-state index contributed by atoms with van der Waals surface area (Å²) in [5.74, 6) is 0.422. The van der Waals surface area contributed by atoms with Gasteiger partial charge < -0.3 is 4.57 Å². The van der Waals surface area contributed by atoms with Crippen molar-refractivity contribution in [2.24, 2.45) is 19.2 Å². The Morgan fingerprint density at radius 1 is 1.16 bits per heavy atom. The molecule has 0 amide bonds. The Bertz CT molecular complexity index is 1070. The van der Waals surface area contributed by atoms with Crippen LogP contribution in [0.25, 0.3) is 11.2 Å². The Balaban J connectivity index is 2.12. The third-order valence-electron chi connectivity index (χ3n) is 4.18. The minimum Gasteiger partial charge on any atom is -0.303 e. The maximum Gasteiger partial charge on any atom is 0.332 e. The quantitative estimate of drug-likeness (QED) is 0.573. The average Bonchev–Trinajstić information content (AvgIpc) is 3.02. The molecule has 2 aromatic heterocycles. The predicted octanol–water partition coefficient (Wildman–Crippen LogP) is 1.29. The van der Waals surface area contributed by atoms with Crippen molar-refractivity contribution in [2.45, 2.75) is 20.4 Å². The van der Waals surface area contributed by atoms with E-state index in [2.05, 4.69) is 15.5 Å². The van der Waals surface area contributed by atoms with Crippen molar-refractivity contribution in [3.8, 4) is 0 Å². The first kappa shape index (κ1) is 16.7. The highest BCUT2D eigenvalue weighted by molar-refractivity contribution is 5.99. The normalized spacial score (nSPS) is 11.9. The Morgan fingerprint density at radius 2 is 1.84 bits per heavy atom. The molecule has 3 rings (SSSR count). The van der Waals surface area contributed by atoms with Crippen molar-refractivity contribution < 1.29 is 0 Å². The monoisotopic (exact) mass is 340 g/mol. The zero-order valence-electron chi connectivity index (χ0n) is 14.6. The number of aryl methyl sites for hydroxylation is 2. The molecular weight excluding hydrogens is 320 g/mol. The number of nitrogens with zero attached hydrogens (tertiary/aromatic N) is 5. The largest absolute Gasteiger partial charge is 0.332 e. The molecule has 0 unspecified atom stereocenters. The first-order valence-electron chi connectivity index (χ1n) is 7.97. The zero-order valence-corrected chi connectivity index (χ0v) is 14.6. The second-order valence-corrected chi connectivity index (χ2v) is 5.73. The molecule has 0 spiro atoms. The van der Waals surface area contributed by atoms with E-state index in [-0.39, 0.29) is 5.56 Å². The van der Waals surface area contributed by atoms with Gasteiger partial charge in [0.05, 0.1) is 5.71 Å². The van der Waals surface area contributed by atoms with Crippen LogP contribution in [0.15, 0.2) is 45.0 Å². The molecule has 1 aromatic carbocycles. The molecule has 130 valence electrons. The summed E-state index contributed by atoms with van der Waals surface area (Å²) >= 11 is 0. The fourth-order valence-electron chi connectivity index (χ4n) is 2.72. The summed E-state index contributed by atoms with van der Waals surface area (Å²) in [6, 6.07) is 9.74. The van der Waals surface area contributed by atoms with Crippen molar-refractivity contribution in [1.82, 2.24) is 18.7 Å². The number of hydrazone groups is 1. The summed E-state index contributed by atoms with van der Waals surface area (Å²) in [6.07, 6.45) is 0. The average molecular weight is 340 g/mol. The van der Waals surface area contributed by atoms with Gasteiger partial charge in [-0.25, -0.2) is 10.2 Å². The maximum absolute atomic E-state index is 12.5. The molecule has 0 saturated carbocycles. The minimum atomic E-state index is -0.409. The van der Waals surface area contributed by atoms with Crippen molar-refractivity contribution in [2.75, 3.05) is 5.43 Å². The molecule has 25 heavy (non-hydrogen) atoms. The van der Waals surface area contributed by atoms with Crippen molar-refractivity contribution in [3.05, 3.63) is 56.7 Å². The first-order chi connectivity index (χ1) is 12.0. The second-order valence-electron chi connectivity index (χ2n) is 5.73. The van der Waals surface area contributed by atoms with Crippen LogP contribution in [-0.2, 0) is 20.6 Å².